The van der Waals surface area contributed by atoms with E-state index in [1.165, 1.54) is 53.2 Å². The highest BCUT2D eigenvalue weighted by molar-refractivity contribution is 7.26. The molecule has 6 aromatic carbocycles. The number of rotatable bonds is 6. The Morgan fingerprint density at radius 3 is 2.02 bits per heavy atom. The number of ether oxygens (including phenoxy) is 1. The van der Waals surface area contributed by atoms with E-state index in [9.17, 15) is 0 Å². The Morgan fingerprint density at radius 2 is 1.23 bits per heavy atom. The molecule has 0 atom stereocenters. The predicted octanol–water partition coefficient (Wildman–Crippen LogP) is 14.2. The van der Waals surface area contributed by atoms with Gasteiger partial charge in [0.05, 0.1) is 33.1 Å². The lowest BCUT2D eigenvalue weighted by molar-refractivity contribution is 0.484. The summed E-state index contributed by atoms with van der Waals surface area (Å²) in [6.45, 7) is 9.12. The molecule has 11 rings (SSSR count). The van der Waals surface area contributed by atoms with Crippen molar-refractivity contribution < 1.29 is 4.74 Å². The molecule has 0 N–H and O–H groups in total. The average Bonchev–Trinajstić information content (AvgIpc) is 3.93. The first kappa shape index (κ1) is 32.9. The summed E-state index contributed by atoms with van der Waals surface area (Å²) in [6, 6.07) is 47.6. The van der Waals surface area contributed by atoms with Crippen molar-refractivity contribution in [2.24, 2.45) is 0 Å². The van der Waals surface area contributed by atoms with Gasteiger partial charge in [-0.3, -0.25) is 8.97 Å². The summed E-state index contributed by atoms with van der Waals surface area (Å²) in [6.07, 6.45) is 3.93. The Kier molecular flexibility index (Phi) is 7.35. The third kappa shape index (κ3) is 4.85. The van der Waals surface area contributed by atoms with E-state index in [1.807, 2.05) is 23.6 Å². The lowest BCUT2D eigenvalue weighted by Crippen LogP contribution is -2.02. The molecule has 0 amide bonds. The average molecular weight is 743 g/mol. The molecule has 0 aliphatic heterocycles. The van der Waals surface area contributed by atoms with Crippen LogP contribution in [0.2, 0.25) is 0 Å². The van der Waals surface area contributed by atoms with Crippen LogP contribution in [0, 0.1) is 0 Å². The Morgan fingerprint density at radius 1 is 0.554 bits per heavy atom. The van der Waals surface area contributed by atoms with Crippen molar-refractivity contribution in [2.75, 3.05) is 0 Å². The van der Waals surface area contributed by atoms with Gasteiger partial charge in [-0.2, -0.15) is 0 Å². The van der Waals surface area contributed by atoms with E-state index in [4.69, 9.17) is 14.7 Å². The fourth-order valence-corrected chi connectivity index (χ4v) is 10.1. The maximum absolute atomic E-state index is 6.80. The Bertz CT molecular complexity index is 3320. The van der Waals surface area contributed by atoms with Crippen molar-refractivity contribution in [1.29, 1.82) is 0 Å². The highest BCUT2D eigenvalue weighted by Gasteiger charge is 2.22. The molecular formula is C50H38N4OS. The second kappa shape index (κ2) is 12.5. The van der Waals surface area contributed by atoms with Crippen LogP contribution in [0.1, 0.15) is 50.7 Å². The summed E-state index contributed by atoms with van der Waals surface area (Å²) < 4.78 is 14.0. The first-order valence-corrected chi connectivity index (χ1v) is 20.2. The minimum Gasteiger partial charge on any atom is -0.457 e. The van der Waals surface area contributed by atoms with Gasteiger partial charge in [-0.1, -0.05) is 100 Å². The maximum atomic E-state index is 6.80. The number of hydrogen-bond donors (Lipinski definition) is 0. The van der Waals surface area contributed by atoms with Crippen LogP contribution in [-0.4, -0.2) is 18.9 Å². The summed E-state index contributed by atoms with van der Waals surface area (Å²) >= 11 is 1.84. The smallest absolute Gasteiger partial charge is 0.145 e. The fourth-order valence-electron chi connectivity index (χ4n) is 8.89. The van der Waals surface area contributed by atoms with Gasteiger partial charge in [-0.25, -0.2) is 9.97 Å². The molecule has 6 heteroatoms. The lowest BCUT2D eigenvalue weighted by Gasteiger charge is -2.20. The van der Waals surface area contributed by atoms with Gasteiger partial charge in [0.25, 0.3) is 0 Å². The molecule has 0 unspecified atom stereocenters. The molecule has 0 spiro atoms. The minimum absolute atomic E-state index is 0.366. The lowest BCUT2D eigenvalue weighted by atomic mass is 9.87. The zero-order valence-corrected chi connectivity index (χ0v) is 32.4. The zero-order chi connectivity index (χ0) is 37.7. The number of benzene rings is 6. The van der Waals surface area contributed by atoms with Gasteiger partial charge in [0.1, 0.15) is 23.0 Å². The summed E-state index contributed by atoms with van der Waals surface area (Å²) in [7, 11) is 0. The predicted molar refractivity (Wildman–Crippen MR) is 235 cm³/mol. The van der Waals surface area contributed by atoms with Gasteiger partial charge >= 0.3 is 0 Å². The number of thiophene rings is 1. The van der Waals surface area contributed by atoms with Crippen molar-refractivity contribution in [3.05, 3.63) is 157 Å². The molecule has 0 saturated carbocycles. The van der Waals surface area contributed by atoms with E-state index in [0.717, 1.165) is 55.9 Å². The quantitative estimate of drug-likeness (QED) is 0.159. The summed E-state index contributed by atoms with van der Waals surface area (Å²) in [5, 5.41) is 8.29. The van der Waals surface area contributed by atoms with Gasteiger partial charge in [-0.05, 0) is 82.9 Å². The molecule has 0 fully saturated rings. The van der Waals surface area contributed by atoms with Crippen molar-refractivity contribution in [3.63, 3.8) is 0 Å². The number of para-hydroxylation sites is 1. The van der Waals surface area contributed by atoms with Crippen LogP contribution in [0.4, 0.5) is 0 Å². The van der Waals surface area contributed by atoms with Crippen LogP contribution in [0.5, 0.6) is 11.5 Å². The molecule has 5 nitrogen and oxygen atoms in total. The Hall–Kier alpha value is -6.50. The van der Waals surface area contributed by atoms with E-state index in [0.29, 0.717) is 11.8 Å². The third-order valence-electron chi connectivity index (χ3n) is 11.4. The second-order valence-corrected chi connectivity index (χ2v) is 16.4. The number of hydrogen-bond acceptors (Lipinski definition) is 4. The van der Waals surface area contributed by atoms with Crippen LogP contribution in [-0.2, 0) is 0 Å². The fraction of sp³-hybridized carbons (Fsp3) is 0.120. The highest BCUT2D eigenvalue weighted by atomic mass is 32.1. The number of imidazole rings is 1. The van der Waals surface area contributed by atoms with Crippen LogP contribution >= 0.6 is 11.3 Å². The standard InChI is InChI=1S/C50H38N4OS/c1-29(2)33-14-11-15-34(30(3)4)47(33)44-28-52-50-41-26-31(19-21-35(41)36-12-5-7-16-42(36)53(44)50)55-32-20-22-37-39-23-24-40-38-13-6-8-17-45(38)56-49(40)48(39)54(43(37)27-32)46-18-9-10-25-51-46/h5-30H,1-4H3. The zero-order valence-electron chi connectivity index (χ0n) is 31.6. The largest absolute Gasteiger partial charge is 0.457 e. The van der Waals surface area contributed by atoms with E-state index in [2.05, 4.69) is 170 Å². The van der Waals surface area contributed by atoms with E-state index >= 15 is 0 Å². The van der Waals surface area contributed by atoms with E-state index in [-0.39, 0.29) is 0 Å². The minimum atomic E-state index is 0.366. The van der Waals surface area contributed by atoms with Crippen molar-refractivity contribution in [3.8, 4) is 28.6 Å². The molecule has 0 saturated heterocycles. The van der Waals surface area contributed by atoms with Crippen LogP contribution in [0.25, 0.3) is 86.4 Å². The molecule has 0 bridgehead atoms. The number of pyridine rings is 2. The molecule has 5 heterocycles. The van der Waals surface area contributed by atoms with Crippen LogP contribution in [0.15, 0.2) is 146 Å². The summed E-state index contributed by atoms with van der Waals surface area (Å²) in [5.41, 5.74) is 9.37. The summed E-state index contributed by atoms with van der Waals surface area (Å²) in [4.78, 5) is 10.0. The summed E-state index contributed by atoms with van der Waals surface area (Å²) in [5.74, 6) is 3.13. The Balaban J connectivity index is 1.11. The molecule has 11 aromatic rings. The monoisotopic (exact) mass is 742 g/mol. The van der Waals surface area contributed by atoms with Gasteiger partial charge in [0, 0.05) is 54.8 Å². The molecular weight excluding hydrogens is 705 g/mol. The second-order valence-electron chi connectivity index (χ2n) is 15.4. The SMILES string of the molecule is CC(C)c1cccc(C(C)C)c1-c1cnc2c3cc(Oc4ccc5c6ccc7c8ccccc8sc7c6n(-c6ccccn6)c5c4)ccc3c3ccccc3n12. The number of fused-ring (bicyclic) bond motifs is 13. The normalized spacial score (nSPS) is 12.2. The molecule has 0 aliphatic carbocycles. The van der Waals surface area contributed by atoms with Gasteiger partial charge in [0.2, 0.25) is 0 Å². The topological polar surface area (TPSA) is 44.3 Å². The molecule has 0 radical (unpaired) electrons. The van der Waals surface area contributed by atoms with Gasteiger partial charge in [0.15, 0.2) is 0 Å². The first-order chi connectivity index (χ1) is 27.4. The maximum Gasteiger partial charge on any atom is 0.145 e. The van der Waals surface area contributed by atoms with Crippen molar-refractivity contribution in [1.82, 2.24) is 18.9 Å². The van der Waals surface area contributed by atoms with Gasteiger partial charge < -0.3 is 4.74 Å². The molecule has 56 heavy (non-hydrogen) atoms. The van der Waals surface area contributed by atoms with E-state index in [1.54, 1.807) is 0 Å². The first-order valence-electron chi connectivity index (χ1n) is 19.4. The van der Waals surface area contributed by atoms with Crippen molar-refractivity contribution >= 4 is 80.6 Å². The molecule has 0 aliphatic rings. The highest BCUT2D eigenvalue weighted by Crippen LogP contribution is 2.44. The molecule has 5 aromatic heterocycles. The van der Waals surface area contributed by atoms with Crippen LogP contribution < -0.4 is 4.74 Å². The Labute approximate surface area is 328 Å². The molecule has 270 valence electrons. The van der Waals surface area contributed by atoms with Crippen molar-refractivity contribution in [2.45, 2.75) is 39.5 Å². The third-order valence-corrected chi connectivity index (χ3v) is 12.6. The number of nitrogens with zero attached hydrogens (tertiary/aromatic N) is 4. The van der Waals surface area contributed by atoms with Crippen LogP contribution in [0.3, 0.4) is 0 Å². The number of aromatic nitrogens is 4. The van der Waals surface area contributed by atoms with E-state index < -0.39 is 0 Å². The van der Waals surface area contributed by atoms with Gasteiger partial charge in [-0.15, -0.1) is 11.3 Å².